The number of hydrogen-bond donors (Lipinski definition) is 5. The number of phenolic OH excluding ortho intramolecular Hbond substituents is 2. The van der Waals surface area contributed by atoms with Crippen LogP contribution in [0.2, 0.25) is 0 Å². The van der Waals surface area contributed by atoms with Crippen LogP contribution in [0.1, 0.15) is 0 Å². The summed E-state index contributed by atoms with van der Waals surface area (Å²) in [5, 5.41) is 37.6. The van der Waals surface area contributed by atoms with Gasteiger partial charge in [-0.2, -0.15) is 35.5 Å². The molecule has 5 N–H and O–H groups in total. The van der Waals surface area contributed by atoms with Crippen LogP contribution in [0.3, 0.4) is 0 Å². The molecule has 0 unspecified atom stereocenters. The molecule has 0 aliphatic carbocycles. The maximum absolute atomic E-state index is 11.4. The summed E-state index contributed by atoms with van der Waals surface area (Å²) >= 11 is 0. The van der Waals surface area contributed by atoms with Crippen molar-refractivity contribution in [2.75, 3.05) is 0 Å². The molecule has 218 valence electrons. The van der Waals surface area contributed by atoms with E-state index >= 15 is 0 Å². The summed E-state index contributed by atoms with van der Waals surface area (Å²) in [7, 11) is -13.4. The first kappa shape index (κ1) is 30.4. The number of aromatic hydroxyl groups is 2. The highest BCUT2D eigenvalue weighted by Gasteiger charge is 2.21. The molecule has 15 nitrogen and oxygen atoms in total. The van der Waals surface area contributed by atoms with Crippen LogP contribution in [-0.4, -0.2) is 49.1 Å². The zero-order chi connectivity index (χ0) is 30.9. The fourth-order valence-electron chi connectivity index (χ4n) is 3.45. The minimum absolute atomic E-state index is 0.0703. The molecule has 0 aliphatic heterocycles. The molecule has 4 aromatic rings. The topological polar surface area (TPSA) is 253 Å². The van der Waals surface area contributed by atoms with E-state index in [-0.39, 0.29) is 33.9 Å². The molecule has 0 saturated carbocycles. The van der Waals surface area contributed by atoms with Gasteiger partial charge >= 0.3 is 0 Å². The number of benzene rings is 4. The third-order valence-corrected chi connectivity index (χ3v) is 8.09. The van der Waals surface area contributed by atoms with Crippen molar-refractivity contribution < 1.29 is 49.1 Å². The Balaban J connectivity index is 1.81. The molecule has 0 radical (unpaired) electrons. The van der Waals surface area contributed by atoms with E-state index in [2.05, 4.69) is 20.5 Å². The van der Waals surface area contributed by atoms with Gasteiger partial charge in [-0.15, -0.1) is 10.2 Å². The number of phenols is 2. The van der Waals surface area contributed by atoms with E-state index in [0.29, 0.717) is 0 Å². The Kier molecular flexibility index (Phi) is 8.21. The maximum Gasteiger partial charge on any atom is 0.294 e. The predicted molar refractivity (Wildman–Crippen MR) is 146 cm³/mol. The van der Waals surface area contributed by atoms with Crippen molar-refractivity contribution in [3.8, 4) is 22.6 Å². The normalized spacial score (nSPS) is 12.7. The van der Waals surface area contributed by atoms with Gasteiger partial charge in [-0.3, -0.25) is 13.7 Å². The predicted octanol–water partition coefficient (Wildman–Crippen LogP) is 5.34. The third-order valence-electron chi connectivity index (χ3n) is 5.49. The second kappa shape index (κ2) is 11.4. The number of rotatable bonds is 8. The lowest BCUT2D eigenvalue weighted by Crippen LogP contribution is -1.97. The van der Waals surface area contributed by atoms with Gasteiger partial charge in [0.15, 0.2) is 11.5 Å². The lowest BCUT2D eigenvalue weighted by molar-refractivity contribution is 0.455. The first-order valence-corrected chi connectivity index (χ1v) is 15.5. The summed E-state index contributed by atoms with van der Waals surface area (Å²) in [4.78, 5) is -1.24. The number of hydrogen-bond acceptors (Lipinski definition) is 12. The summed E-state index contributed by atoms with van der Waals surface area (Å²) in [6, 6.07) is 14.6. The molecule has 0 fully saturated rings. The molecule has 4 aromatic carbocycles. The van der Waals surface area contributed by atoms with Crippen LogP contribution >= 0.6 is 0 Å². The van der Waals surface area contributed by atoms with Crippen molar-refractivity contribution in [1.29, 1.82) is 0 Å². The molecule has 4 rings (SSSR count). The van der Waals surface area contributed by atoms with Crippen LogP contribution in [0, 0.1) is 0 Å². The summed E-state index contributed by atoms with van der Waals surface area (Å²) in [5.41, 5.74) is -0.522. The highest BCUT2D eigenvalue weighted by atomic mass is 32.2. The Bertz CT molecular complexity index is 1930. The first-order chi connectivity index (χ1) is 19.5. The van der Waals surface area contributed by atoms with E-state index in [1.165, 1.54) is 36.4 Å². The van der Waals surface area contributed by atoms with Gasteiger partial charge < -0.3 is 10.2 Å². The number of nitrogens with zero attached hydrogens (tertiary/aromatic N) is 4. The van der Waals surface area contributed by atoms with Gasteiger partial charge in [0.25, 0.3) is 30.4 Å². The van der Waals surface area contributed by atoms with E-state index in [1.54, 1.807) is 0 Å². The van der Waals surface area contributed by atoms with Gasteiger partial charge in [0, 0.05) is 6.07 Å². The molecule has 0 spiro atoms. The smallest absolute Gasteiger partial charge is 0.294 e. The van der Waals surface area contributed by atoms with Gasteiger partial charge in [-0.25, -0.2) is 0 Å². The third kappa shape index (κ3) is 7.00. The van der Waals surface area contributed by atoms with E-state index < -0.39 is 56.5 Å². The van der Waals surface area contributed by atoms with Crippen molar-refractivity contribution in [2.45, 2.75) is 14.7 Å². The van der Waals surface area contributed by atoms with Gasteiger partial charge in [-0.05, 0) is 66.2 Å². The fourth-order valence-corrected chi connectivity index (χ4v) is 4.89. The average Bonchev–Trinajstić information content (AvgIpc) is 2.91. The van der Waals surface area contributed by atoms with Crippen LogP contribution in [0.4, 0.5) is 22.7 Å². The SMILES string of the molecule is O=S(=O)(O)c1ccc(N=Nc2cc(N=Nc3ccc(S(=O)(=O)O)cc3)c(O)c(-c3ccc(S(=O)(=O)O)cc3)c2O)cc1. The standard InChI is InChI=1S/C24H18N4O11S3/c29-23-20(27-25-15-3-9-18(10-4-15)41(34,35)36)13-21(28-26-16-5-11-19(12-6-16)42(37,38)39)24(30)22(23)14-1-7-17(8-2-14)40(31,32)33/h1-13,29-30H,(H,31,32,33)(H,34,35,36)(H,37,38,39). The van der Waals surface area contributed by atoms with E-state index in [0.717, 1.165) is 42.5 Å². The summed E-state index contributed by atoms with van der Waals surface area (Å²) < 4.78 is 95.3. The Morgan fingerprint density at radius 3 is 1.07 bits per heavy atom. The Morgan fingerprint density at radius 2 is 0.762 bits per heavy atom. The molecule has 0 bridgehead atoms. The zero-order valence-electron chi connectivity index (χ0n) is 20.7. The van der Waals surface area contributed by atoms with Gasteiger partial charge in [0.1, 0.15) is 11.4 Å². The quantitative estimate of drug-likeness (QED) is 0.122. The minimum Gasteiger partial charge on any atom is -0.505 e. The molecule has 0 aromatic heterocycles. The van der Waals surface area contributed by atoms with E-state index in [1.807, 2.05) is 0 Å². The summed E-state index contributed by atoms with van der Waals surface area (Å²) in [5.74, 6) is -1.25. The Hall–Kier alpha value is -4.59. The molecule has 18 heteroatoms. The van der Waals surface area contributed by atoms with Crippen LogP contribution in [0.25, 0.3) is 11.1 Å². The zero-order valence-corrected chi connectivity index (χ0v) is 23.2. The highest BCUT2D eigenvalue weighted by Crippen LogP contribution is 2.49. The van der Waals surface area contributed by atoms with Crippen LogP contribution < -0.4 is 0 Å². The van der Waals surface area contributed by atoms with Crippen molar-refractivity contribution in [3.63, 3.8) is 0 Å². The molecule has 0 atom stereocenters. The van der Waals surface area contributed by atoms with Gasteiger partial charge in [-0.1, -0.05) is 12.1 Å². The molecule has 0 amide bonds. The van der Waals surface area contributed by atoms with Gasteiger partial charge in [0.05, 0.1) is 31.6 Å². The Labute approximate surface area is 238 Å². The molecule has 42 heavy (non-hydrogen) atoms. The van der Waals surface area contributed by atoms with Crippen LogP contribution in [-0.2, 0) is 30.4 Å². The lowest BCUT2D eigenvalue weighted by Gasteiger charge is -2.12. The Morgan fingerprint density at radius 1 is 0.452 bits per heavy atom. The van der Waals surface area contributed by atoms with E-state index in [4.69, 9.17) is 9.11 Å². The molecular formula is C24H18N4O11S3. The summed E-state index contributed by atoms with van der Waals surface area (Å²) in [6.07, 6.45) is 0. The largest absolute Gasteiger partial charge is 0.505 e. The van der Waals surface area contributed by atoms with Gasteiger partial charge in [0.2, 0.25) is 0 Å². The second-order valence-corrected chi connectivity index (χ2v) is 12.6. The maximum atomic E-state index is 11.4. The molecule has 0 aliphatic rings. The van der Waals surface area contributed by atoms with Crippen molar-refractivity contribution in [1.82, 2.24) is 0 Å². The van der Waals surface area contributed by atoms with Crippen molar-refractivity contribution >= 4 is 53.1 Å². The molecule has 0 saturated heterocycles. The van der Waals surface area contributed by atoms with Crippen LogP contribution in [0.5, 0.6) is 11.5 Å². The molecular weight excluding hydrogens is 616 g/mol. The lowest BCUT2D eigenvalue weighted by atomic mass is 10.0. The molecule has 0 heterocycles. The van der Waals surface area contributed by atoms with Crippen molar-refractivity contribution in [3.05, 3.63) is 78.9 Å². The monoisotopic (exact) mass is 634 g/mol. The number of azo groups is 2. The van der Waals surface area contributed by atoms with Crippen molar-refractivity contribution in [2.24, 2.45) is 20.5 Å². The summed E-state index contributed by atoms with van der Waals surface area (Å²) in [6.45, 7) is 0. The fraction of sp³-hybridized carbons (Fsp3) is 0. The first-order valence-electron chi connectivity index (χ1n) is 11.2. The minimum atomic E-state index is -4.54. The highest BCUT2D eigenvalue weighted by molar-refractivity contribution is 7.86. The van der Waals surface area contributed by atoms with E-state index in [9.17, 15) is 40.0 Å². The second-order valence-electron chi connectivity index (χ2n) is 8.32. The van der Waals surface area contributed by atoms with Crippen LogP contribution in [0.15, 0.2) is 114 Å². The average molecular weight is 635 g/mol.